The van der Waals surface area contributed by atoms with Gasteiger partial charge >= 0.3 is 0 Å². The highest BCUT2D eigenvalue weighted by Crippen LogP contribution is 2.29. The smallest absolute Gasteiger partial charge is 0.231 e. The summed E-state index contributed by atoms with van der Waals surface area (Å²) in [6.07, 6.45) is -0.689. The van der Waals surface area contributed by atoms with E-state index in [1.54, 1.807) is 12.1 Å². The Labute approximate surface area is 127 Å². The van der Waals surface area contributed by atoms with Crippen LogP contribution in [-0.2, 0) is 4.74 Å². The molecular formula is C17H13ClO3. The summed E-state index contributed by atoms with van der Waals surface area (Å²) in [6, 6.07) is 16.4. The molecule has 0 N–H and O–H groups in total. The van der Waals surface area contributed by atoms with Crippen molar-refractivity contribution in [1.82, 2.24) is 0 Å². The summed E-state index contributed by atoms with van der Waals surface area (Å²) < 4.78 is 10.9. The average Bonchev–Trinajstić information content (AvgIpc) is 2.95. The Morgan fingerprint density at radius 3 is 2.57 bits per heavy atom. The third-order valence-corrected chi connectivity index (χ3v) is 3.61. The Kier molecular flexibility index (Phi) is 3.78. The Morgan fingerprint density at radius 1 is 1.14 bits per heavy atom. The standard InChI is InChI=1S/C17H13ClO3/c1-20-17(11-6-3-2-4-7-11)15(19)14-10-12-8-5-9-13(18)16(12)21-14/h2-10,17H,1H3. The average molecular weight is 301 g/mol. The van der Waals surface area contributed by atoms with E-state index in [1.807, 2.05) is 42.5 Å². The Hall–Kier alpha value is -2.10. The fourth-order valence-corrected chi connectivity index (χ4v) is 2.52. The van der Waals surface area contributed by atoms with E-state index in [2.05, 4.69) is 0 Å². The van der Waals surface area contributed by atoms with Crippen molar-refractivity contribution in [3.8, 4) is 0 Å². The van der Waals surface area contributed by atoms with Gasteiger partial charge < -0.3 is 9.15 Å². The minimum atomic E-state index is -0.689. The summed E-state index contributed by atoms with van der Waals surface area (Å²) in [5, 5.41) is 1.29. The first-order chi connectivity index (χ1) is 10.2. The zero-order valence-corrected chi connectivity index (χ0v) is 12.1. The molecule has 3 aromatic rings. The molecule has 1 unspecified atom stereocenters. The van der Waals surface area contributed by atoms with Gasteiger partial charge in [-0.1, -0.05) is 54.1 Å². The summed E-state index contributed by atoms with van der Waals surface area (Å²) in [6.45, 7) is 0. The maximum Gasteiger partial charge on any atom is 0.231 e. The lowest BCUT2D eigenvalue weighted by Gasteiger charge is -2.12. The molecule has 2 aromatic carbocycles. The molecule has 0 saturated heterocycles. The van der Waals surface area contributed by atoms with Crippen LogP contribution in [0.15, 0.2) is 59.0 Å². The van der Waals surface area contributed by atoms with Crippen LogP contribution in [0.5, 0.6) is 0 Å². The number of rotatable bonds is 4. The van der Waals surface area contributed by atoms with E-state index in [1.165, 1.54) is 7.11 Å². The van der Waals surface area contributed by atoms with Crippen LogP contribution in [0, 0.1) is 0 Å². The molecule has 3 nitrogen and oxygen atoms in total. The maximum absolute atomic E-state index is 12.6. The molecule has 0 radical (unpaired) electrons. The minimum absolute atomic E-state index is 0.226. The minimum Gasteiger partial charge on any atom is -0.451 e. The van der Waals surface area contributed by atoms with Gasteiger partial charge in [-0.3, -0.25) is 4.79 Å². The largest absolute Gasteiger partial charge is 0.451 e. The van der Waals surface area contributed by atoms with Crippen LogP contribution in [0.1, 0.15) is 22.2 Å². The van der Waals surface area contributed by atoms with Crippen LogP contribution in [0.25, 0.3) is 11.0 Å². The third kappa shape index (κ3) is 2.58. The van der Waals surface area contributed by atoms with Crippen molar-refractivity contribution in [3.05, 3.63) is 70.9 Å². The van der Waals surface area contributed by atoms with Crippen LogP contribution in [0.4, 0.5) is 0 Å². The van der Waals surface area contributed by atoms with E-state index >= 15 is 0 Å². The van der Waals surface area contributed by atoms with Gasteiger partial charge in [0, 0.05) is 12.5 Å². The first-order valence-electron chi connectivity index (χ1n) is 6.50. The monoisotopic (exact) mass is 300 g/mol. The molecule has 0 amide bonds. The zero-order valence-electron chi connectivity index (χ0n) is 11.4. The number of furan rings is 1. The molecule has 0 aliphatic carbocycles. The Morgan fingerprint density at radius 2 is 1.90 bits per heavy atom. The molecule has 3 rings (SSSR count). The molecule has 1 aromatic heterocycles. The lowest BCUT2D eigenvalue weighted by atomic mass is 10.0. The van der Waals surface area contributed by atoms with Crippen LogP contribution >= 0.6 is 11.6 Å². The number of Topliss-reactive ketones (excluding diaryl/α,β-unsaturated/α-hetero) is 1. The lowest BCUT2D eigenvalue weighted by molar-refractivity contribution is 0.0578. The van der Waals surface area contributed by atoms with Crippen LogP contribution in [-0.4, -0.2) is 12.9 Å². The van der Waals surface area contributed by atoms with Crippen molar-refractivity contribution in [2.45, 2.75) is 6.10 Å². The van der Waals surface area contributed by atoms with E-state index in [9.17, 15) is 4.79 Å². The first-order valence-corrected chi connectivity index (χ1v) is 6.88. The predicted molar refractivity (Wildman–Crippen MR) is 81.7 cm³/mol. The summed E-state index contributed by atoms with van der Waals surface area (Å²) in [5.41, 5.74) is 1.31. The molecule has 0 fully saturated rings. The summed E-state index contributed by atoms with van der Waals surface area (Å²) in [4.78, 5) is 12.6. The van der Waals surface area contributed by atoms with E-state index in [4.69, 9.17) is 20.8 Å². The van der Waals surface area contributed by atoms with Gasteiger partial charge in [0.2, 0.25) is 5.78 Å². The molecule has 0 saturated carbocycles. The number of hydrogen-bond acceptors (Lipinski definition) is 3. The second kappa shape index (κ2) is 5.72. The summed E-state index contributed by atoms with van der Waals surface area (Å²) in [7, 11) is 1.51. The first kappa shape index (κ1) is 13.9. The highest BCUT2D eigenvalue weighted by Gasteiger charge is 2.25. The van der Waals surface area contributed by atoms with Crippen LogP contribution < -0.4 is 0 Å². The topological polar surface area (TPSA) is 39.4 Å². The van der Waals surface area contributed by atoms with E-state index in [-0.39, 0.29) is 11.5 Å². The van der Waals surface area contributed by atoms with Gasteiger partial charge in [-0.15, -0.1) is 0 Å². The van der Waals surface area contributed by atoms with Crippen molar-refractivity contribution in [2.75, 3.05) is 7.11 Å². The molecule has 1 heterocycles. The number of benzene rings is 2. The molecule has 0 spiro atoms. The number of para-hydroxylation sites is 1. The number of fused-ring (bicyclic) bond motifs is 1. The third-order valence-electron chi connectivity index (χ3n) is 3.32. The summed E-state index contributed by atoms with van der Waals surface area (Å²) >= 11 is 6.07. The number of methoxy groups -OCH3 is 1. The molecule has 4 heteroatoms. The van der Waals surface area contributed by atoms with Crippen molar-refractivity contribution < 1.29 is 13.9 Å². The Balaban J connectivity index is 2.01. The Bertz CT molecular complexity index is 777. The van der Waals surface area contributed by atoms with Crippen molar-refractivity contribution in [3.63, 3.8) is 0 Å². The molecule has 21 heavy (non-hydrogen) atoms. The number of halogens is 1. The SMILES string of the molecule is COC(C(=O)c1cc2cccc(Cl)c2o1)c1ccccc1. The second-order valence-electron chi connectivity index (χ2n) is 4.66. The van der Waals surface area contributed by atoms with Crippen molar-refractivity contribution in [1.29, 1.82) is 0 Å². The van der Waals surface area contributed by atoms with Gasteiger partial charge in [0.05, 0.1) is 5.02 Å². The molecule has 1 atom stereocenters. The zero-order chi connectivity index (χ0) is 14.8. The van der Waals surface area contributed by atoms with Crippen molar-refractivity contribution >= 4 is 28.4 Å². The molecule has 0 aliphatic heterocycles. The number of ether oxygens (including phenoxy) is 1. The fourth-order valence-electron chi connectivity index (χ4n) is 2.30. The molecule has 106 valence electrons. The van der Waals surface area contributed by atoms with Crippen LogP contribution in [0.2, 0.25) is 5.02 Å². The number of ketones is 1. The van der Waals surface area contributed by atoms with Gasteiger partial charge in [0.25, 0.3) is 0 Å². The predicted octanol–water partition coefficient (Wildman–Crippen LogP) is 4.66. The fraction of sp³-hybridized carbons (Fsp3) is 0.118. The highest BCUT2D eigenvalue weighted by molar-refractivity contribution is 6.34. The molecule has 0 bridgehead atoms. The highest BCUT2D eigenvalue weighted by atomic mass is 35.5. The number of hydrogen-bond donors (Lipinski definition) is 0. The number of carbonyl (C=O) groups is 1. The second-order valence-corrected chi connectivity index (χ2v) is 5.07. The quantitative estimate of drug-likeness (QED) is 0.658. The van der Waals surface area contributed by atoms with Gasteiger partial charge in [-0.25, -0.2) is 0 Å². The van der Waals surface area contributed by atoms with Crippen LogP contribution in [0.3, 0.4) is 0 Å². The van der Waals surface area contributed by atoms with E-state index in [0.717, 1.165) is 10.9 Å². The maximum atomic E-state index is 12.6. The molecular weight excluding hydrogens is 288 g/mol. The van der Waals surface area contributed by atoms with Gasteiger partial charge in [0.1, 0.15) is 6.10 Å². The normalized spacial score (nSPS) is 12.5. The molecule has 0 aliphatic rings. The van der Waals surface area contributed by atoms with Crippen molar-refractivity contribution in [2.24, 2.45) is 0 Å². The lowest BCUT2D eigenvalue weighted by Crippen LogP contribution is -2.14. The van der Waals surface area contributed by atoms with Gasteiger partial charge in [-0.2, -0.15) is 0 Å². The van der Waals surface area contributed by atoms with Gasteiger partial charge in [0.15, 0.2) is 11.3 Å². The van der Waals surface area contributed by atoms with E-state index in [0.29, 0.717) is 10.6 Å². The number of carbonyl (C=O) groups excluding carboxylic acids is 1. The van der Waals surface area contributed by atoms with Gasteiger partial charge in [-0.05, 0) is 17.7 Å². The summed E-state index contributed by atoms with van der Waals surface area (Å²) in [5.74, 6) is 0.0183. The van der Waals surface area contributed by atoms with E-state index < -0.39 is 6.10 Å².